The summed E-state index contributed by atoms with van der Waals surface area (Å²) in [6.07, 6.45) is 0. The third-order valence-corrected chi connectivity index (χ3v) is 2.90. The molecule has 0 heterocycles. The van der Waals surface area contributed by atoms with Crippen molar-refractivity contribution in [3.63, 3.8) is 0 Å². The van der Waals surface area contributed by atoms with Gasteiger partial charge in [-0.05, 0) is 24.6 Å². The van der Waals surface area contributed by atoms with E-state index < -0.39 is 18.0 Å². The van der Waals surface area contributed by atoms with E-state index in [1.165, 1.54) is 31.0 Å². The molecule has 0 aliphatic heterocycles. The smallest absolute Gasteiger partial charge is 0.326 e. The number of rotatable bonds is 4. The largest absolute Gasteiger partial charge is 0.480 e. The number of hydrogen-bond donors (Lipinski definition) is 1. The van der Waals surface area contributed by atoms with Crippen molar-refractivity contribution in [3.8, 4) is 0 Å². The maximum absolute atomic E-state index is 12.8. The van der Waals surface area contributed by atoms with Crippen LogP contribution in [0.1, 0.15) is 12.5 Å². The van der Waals surface area contributed by atoms with E-state index in [2.05, 4.69) is 0 Å². The molecule has 0 aromatic heterocycles. The first-order valence-electron chi connectivity index (χ1n) is 5.78. The molecule has 0 bridgehead atoms. The van der Waals surface area contributed by atoms with E-state index in [1.54, 1.807) is 19.2 Å². The highest BCUT2D eigenvalue weighted by atomic mass is 19.1. The molecule has 0 aliphatic rings. The maximum Gasteiger partial charge on any atom is 0.326 e. The predicted octanol–water partition coefficient (Wildman–Crippen LogP) is 1.78. The van der Waals surface area contributed by atoms with E-state index in [1.807, 2.05) is 0 Å². The predicted molar refractivity (Wildman–Crippen MR) is 68.1 cm³/mol. The second-order valence-electron chi connectivity index (χ2n) is 4.39. The Morgan fingerprint density at radius 3 is 2.26 bits per heavy atom. The number of likely N-dealkylation sites (N-methyl/N-ethyl adjacent to an activating group) is 1. The van der Waals surface area contributed by atoms with Crippen LogP contribution in [0, 0.1) is 5.82 Å². The summed E-state index contributed by atoms with van der Waals surface area (Å²) in [5.41, 5.74) is 0.772. The van der Waals surface area contributed by atoms with Gasteiger partial charge in [-0.2, -0.15) is 0 Å². The molecule has 0 saturated heterocycles. The Balaban J connectivity index is 2.67. The molecule has 1 aromatic carbocycles. The number of carbonyl (C=O) groups is 2. The summed E-state index contributed by atoms with van der Waals surface area (Å²) in [6.45, 7) is 1.72. The molecule has 1 unspecified atom stereocenters. The number of hydrogen-bond acceptors (Lipinski definition) is 2. The Morgan fingerprint density at radius 1 is 1.26 bits per heavy atom. The number of urea groups is 1. The van der Waals surface area contributed by atoms with Gasteiger partial charge in [-0.3, -0.25) is 0 Å². The molecule has 1 rings (SSSR count). The van der Waals surface area contributed by atoms with Crippen molar-refractivity contribution in [2.75, 3.05) is 14.1 Å². The first kappa shape index (κ1) is 14.9. The number of amides is 2. The number of carboxylic acids is 1. The number of carbonyl (C=O) groups excluding carboxylic acids is 1. The lowest BCUT2D eigenvalue weighted by Gasteiger charge is -2.27. The molecule has 0 radical (unpaired) electrons. The monoisotopic (exact) mass is 268 g/mol. The molecule has 1 N–H and O–H groups in total. The van der Waals surface area contributed by atoms with E-state index in [9.17, 15) is 14.0 Å². The molecule has 1 atom stereocenters. The van der Waals surface area contributed by atoms with Crippen molar-refractivity contribution in [3.05, 3.63) is 35.6 Å². The lowest BCUT2D eigenvalue weighted by Crippen LogP contribution is -2.46. The molecule has 2 amide bonds. The summed E-state index contributed by atoms with van der Waals surface area (Å²) in [7, 11) is 3.00. The average Bonchev–Trinajstić information content (AvgIpc) is 2.38. The molecule has 104 valence electrons. The van der Waals surface area contributed by atoms with Gasteiger partial charge in [0.25, 0.3) is 0 Å². The van der Waals surface area contributed by atoms with Crippen LogP contribution in [0.25, 0.3) is 0 Å². The van der Waals surface area contributed by atoms with Crippen molar-refractivity contribution in [2.45, 2.75) is 19.5 Å². The average molecular weight is 268 g/mol. The maximum atomic E-state index is 12.8. The molecule has 19 heavy (non-hydrogen) atoms. The van der Waals surface area contributed by atoms with E-state index in [0.717, 1.165) is 10.5 Å². The van der Waals surface area contributed by atoms with Gasteiger partial charge < -0.3 is 14.9 Å². The Kier molecular flexibility index (Phi) is 4.86. The van der Waals surface area contributed by atoms with Gasteiger partial charge in [0.15, 0.2) is 0 Å². The van der Waals surface area contributed by atoms with E-state index in [4.69, 9.17) is 5.11 Å². The molecule has 6 heteroatoms. The first-order chi connectivity index (χ1) is 8.82. The van der Waals surface area contributed by atoms with Crippen LogP contribution >= 0.6 is 0 Å². The fourth-order valence-corrected chi connectivity index (χ4v) is 1.53. The van der Waals surface area contributed by atoms with Crippen molar-refractivity contribution < 1.29 is 19.1 Å². The lowest BCUT2D eigenvalue weighted by atomic mass is 10.2. The number of aliphatic carboxylic acids is 1. The van der Waals surface area contributed by atoms with Crippen LogP contribution in [0.4, 0.5) is 9.18 Å². The van der Waals surface area contributed by atoms with Gasteiger partial charge in [0.05, 0.1) is 0 Å². The topological polar surface area (TPSA) is 60.9 Å². The van der Waals surface area contributed by atoms with Gasteiger partial charge in [0.2, 0.25) is 0 Å². The normalized spacial score (nSPS) is 11.8. The van der Waals surface area contributed by atoms with Crippen LogP contribution in [0.5, 0.6) is 0 Å². The van der Waals surface area contributed by atoms with Crippen molar-refractivity contribution in [1.29, 1.82) is 0 Å². The van der Waals surface area contributed by atoms with Crippen LogP contribution in [0.3, 0.4) is 0 Å². The number of nitrogens with zero attached hydrogens (tertiary/aromatic N) is 2. The Hall–Kier alpha value is -2.11. The highest BCUT2D eigenvalue weighted by Crippen LogP contribution is 2.08. The molecular weight excluding hydrogens is 251 g/mol. The Bertz CT molecular complexity index is 461. The molecule has 0 spiro atoms. The lowest BCUT2D eigenvalue weighted by molar-refractivity contribution is -0.141. The van der Waals surface area contributed by atoms with Crippen molar-refractivity contribution in [2.24, 2.45) is 0 Å². The third kappa shape index (κ3) is 3.94. The fraction of sp³-hybridized carbons (Fsp3) is 0.385. The van der Waals surface area contributed by atoms with Crippen LogP contribution in [-0.4, -0.2) is 47.0 Å². The zero-order valence-electron chi connectivity index (χ0n) is 11.1. The van der Waals surface area contributed by atoms with Crippen LogP contribution in [-0.2, 0) is 11.3 Å². The van der Waals surface area contributed by atoms with E-state index in [-0.39, 0.29) is 12.4 Å². The second-order valence-corrected chi connectivity index (χ2v) is 4.39. The standard InChI is InChI=1S/C13H17FN2O3/c1-9(12(17)18)16(3)13(19)15(2)8-10-4-6-11(14)7-5-10/h4-7,9H,8H2,1-3H3,(H,17,18). The van der Waals surface area contributed by atoms with Gasteiger partial charge in [-0.25, -0.2) is 14.0 Å². The zero-order chi connectivity index (χ0) is 14.6. The summed E-state index contributed by atoms with van der Waals surface area (Å²) in [5, 5.41) is 8.85. The molecule has 0 aliphatic carbocycles. The second kappa shape index (κ2) is 6.17. The Morgan fingerprint density at radius 2 is 1.79 bits per heavy atom. The summed E-state index contributed by atoms with van der Waals surface area (Å²) >= 11 is 0. The first-order valence-corrected chi connectivity index (χ1v) is 5.78. The number of benzene rings is 1. The van der Waals surface area contributed by atoms with Gasteiger partial charge in [-0.1, -0.05) is 12.1 Å². The third-order valence-electron chi connectivity index (χ3n) is 2.90. The quantitative estimate of drug-likeness (QED) is 0.905. The van der Waals surface area contributed by atoms with Crippen molar-refractivity contribution in [1.82, 2.24) is 9.80 Å². The molecule has 1 aromatic rings. The summed E-state index contributed by atoms with van der Waals surface area (Å²) in [5.74, 6) is -1.40. The highest BCUT2D eigenvalue weighted by Gasteiger charge is 2.24. The minimum atomic E-state index is -1.06. The fourth-order valence-electron chi connectivity index (χ4n) is 1.53. The molecular formula is C13H17FN2O3. The SMILES string of the molecule is CC(C(=O)O)N(C)C(=O)N(C)Cc1ccc(F)cc1. The minimum absolute atomic E-state index is 0.287. The summed E-state index contributed by atoms with van der Waals surface area (Å²) in [6, 6.07) is 4.50. The molecule has 5 nitrogen and oxygen atoms in total. The molecule has 0 saturated carbocycles. The van der Waals surface area contributed by atoms with Gasteiger partial charge in [0.1, 0.15) is 11.9 Å². The van der Waals surface area contributed by atoms with Crippen LogP contribution in [0.2, 0.25) is 0 Å². The Labute approximate surface area is 111 Å². The summed E-state index contributed by atoms with van der Waals surface area (Å²) < 4.78 is 12.8. The minimum Gasteiger partial charge on any atom is -0.480 e. The highest BCUT2D eigenvalue weighted by molar-refractivity contribution is 5.82. The van der Waals surface area contributed by atoms with Crippen LogP contribution < -0.4 is 0 Å². The zero-order valence-corrected chi connectivity index (χ0v) is 11.1. The van der Waals surface area contributed by atoms with Gasteiger partial charge in [0, 0.05) is 20.6 Å². The molecule has 0 fully saturated rings. The van der Waals surface area contributed by atoms with E-state index in [0.29, 0.717) is 0 Å². The van der Waals surface area contributed by atoms with Crippen molar-refractivity contribution >= 4 is 12.0 Å². The van der Waals surface area contributed by atoms with Gasteiger partial charge >= 0.3 is 12.0 Å². The van der Waals surface area contributed by atoms with Crippen LogP contribution in [0.15, 0.2) is 24.3 Å². The van der Waals surface area contributed by atoms with E-state index >= 15 is 0 Å². The summed E-state index contributed by atoms with van der Waals surface area (Å²) in [4.78, 5) is 25.3. The number of carboxylic acid groups (broad SMARTS) is 1. The number of halogens is 1. The van der Waals surface area contributed by atoms with Gasteiger partial charge in [-0.15, -0.1) is 0 Å².